The van der Waals surface area contributed by atoms with Crippen molar-refractivity contribution in [1.29, 1.82) is 0 Å². The number of hydrogen-bond donors (Lipinski definition) is 1. The highest BCUT2D eigenvalue weighted by molar-refractivity contribution is 6.01. The van der Waals surface area contributed by atoms with E-state index in [0.29, 0.717) is 17.9 Å². The molecule has 1 aromatic heterocycles. The van der Waals surface area contributed by atoms with Crippen LogP contribution in [0.2, 0.25) is 0 Å². The minimum Gasteiger partial charge on any atom is -0.497 e. The molecular weight excluding hydrogens is 290 g/mol. The summed E-state index contributed by atoms with van der Waals surface area (Å²) in [5.41, 5.74) is 1.48. The molecule has 0 bridgehead atoms. The Morgan fingerprint density at radius 2 is 2.09 bits per heavy atom. The van der Waals surface area contributed by atoms with Crippen LogP contribution < -0.4 is 10.1 Å². The number of rotatable bonds is 8. The highest BCUT2D eigenvalue weighted by Gasteiger charge is 2.10. The van der Waals surface area contributed by atoms with Gasteiger partial charge in [-0.05, 0) is 38.2 Å². The lowest BCUT2D eigenvalue weighted by Gasteiger charge is -2.17. The number of anilines is 1. The summed E-state index contributed by atoms with van der Waals surface area (Å²) in [4.78, 5) is 18.9. The zero-order valence-corrected chi connectivity index (χ0v) is 14.1. The quantitative estimate of drug-likeness (QED) is 0.812. The lowest BCUT2D eigenvalue weighted by atomic mass is 10.1. The molecule has 1 heterocycles. The summed E-state index contributed by atoms with van der Waals surface area (Å²) >= 11 is 0. The first-order valence-electron chi connectivity index (χ1n) is 8.12. The summed E-state index contributed by atoms with van der Waals surface area (Å²) in [6.45, 7) is 7.25. The SMILES string of the molecule is CCN(CC)CCCC(=O)Nc1cc(OC)cc2cccnc12. The third-order valence-corrected chi connectivity index (χ3v) is 3.96. The Bertz CT molecular complexity index is 654. The number of methoxy groups -OCH3 is 1. The molecule has 23 heavy (non-hydrogen) atoms. The Morgan fingerprint density at radius 3 is 2.78 bits per heavy atom. The Balaban J connectivity index is 2.04. The highest BCUT2D eigenvalue weighted by atomic mass is 16.5. The second kappa shape index (κ2) is 8.48. The molecule has 0 spiro atoms. The van der Waals surface area contributed by atoms with Gasteiger partial charge < -0.3 is 15.0 Å². The molecular formula is C18H25N3O2. The van der Waals surface area contributed by atoms with Gasteiger partial charge in [-0.2, -0.15) is 0 Å². The van der Waals surface area contributed by atoms with Crippen molar-refractivity contribution in [2.45, 2.75) is 26.7 Å². The number of benzene rings is 1. The predicted molar refractivity (Wildman–Crippen MR) is 93.9 cm³/mol. The second-order valence-electron chi connectivity index (χ2n) is 5.43. The molecule has 0 aliphatic carbocycles. The summed E-state index contributed by atoms with van der Waals surface area (Å²) in [7, 11) is 1.62. The minimum absolute atomic E-state index is 0.0114. The van der Waals surface area contributed by atoms with E-state index >= 15 is 0 Å². The number of nitrogens with zero attached hydrogens (tertiary/aromatic N) is 2. The maximum atomic E-state index is 12.2. The molecule has 0 fully saturated rings. The Kier molecular flexibility index (Phi) is 6.35. The number of aromatic nitrogens is 1. The van der Waals surface area contributed by atoms with Crippen LogP contribution in [0, 0.1) is 0 Å². The average Bonchev–Trinajstić information content (AvgIpc) is 2.58. The minimum atomic E-state index is 0.0114. The number of ether oxygens (including phenoxy) is 1. The Morgan fingerprint density at radius 1 is 1.30 bits per heavy atom. The van der Waals surface area contributed by atoms with Crippen LogP contribution in [0.4, 0.5) is 5.69 Å². The molecule has 5 heteroatoms. The third-order valence-electron chi connectivity index (χ3n) is 3.96. The van der Waals surface area contributed by atoms with Gasteiger partial charge in [0, 0.05) is 24.1 Å². The van der Waals surface area contributed by atoms with Crippen LogP contribution in [0.1, 0.15) is 26.7 Å². The van der Waals surface area contributed by atoms with Gasteiger partial charge in [0.25, 0.3) is 0 Å². The molecule has 0 atom stereocenters. The average molecular weight is 315 g/mol. The topological polar surface area (TPSA) is 54.5 Å². The fourth-order valence-corrected chi connectivity index (χ4v) is 2.59. The molecule has 0 unspecified atom stereocenters. The second-order valence-corrected chi connectivity index (χ2v) is 5.43. The van der Waals surface area contributed by atoms with E-state index in [9.17, 15) is 4.79 Å². The molecule has 0 saturated heterocycles. The number of carbonyl (C=O) groups is 1. The molecule has 2 rings (SSSR count). The maximum Gasteiger partial charge on any atom is 0.224 e. The highest BCUT2D eigenvalue weighted by Crippen LogP contribution is 2.27. The van der Waals surface area contributed by atoms with Crippen molar-refractivity contribution in [3.05, 3.63) is 30.5 Å². The van der Waals surface area contributed by atoms with E-state index in [2.05, 4.69) is 29.0 Å². The summed E-state index contributed by atoms with van der Waals surface area (Å²) in [5, 5.41) is 3.92. The number of carbonyl (C=O) groups excluding carboxylic acids is 1. The first kappa shape index (κ1) is 17.2. The Hall–Kier alpha value is -2.14. The van der Waals surface area contributed by atoms with E-state index < -0.39 is 0 Å². The molecule has 0 radical (unpaired) electrons. The van der Waals surface area contributed by atoms with Gasteiger partial charge in [-0.1, -0.05) is 19.9 Å². The van der Waals surface area contributed by atoms with Crippen LogP contribution in [0.5, 0.6) is 5.75 Å². The van der Waals surface area contributed by atoms with E-state index in [1.54, 1.807) is 13.3 Å². The lowest BCUT2D eigenvalue weighted by molar-refractivity contribution is -0.116. The van der Waals surface area contributed by atoms with Crippen molar-refractivity contribution in [2.75, 3.05) is 32.1 Å². The predicted octanol–water partition coefficient (Wildman–Crippen LogP) is 3.30. The normalized spacial score (nSPS) is 11.0. The van der Waals surface area contributed by atoms with Gasteiger partial charge in [0.05, 0.1) is 18.3 Å². The summed E-state index contributed by atoms with van der Waals surface area (Å²) in [5.74, 6) is 0.723. The monoisotopic (exact) mass is 315 g/mol. The lowest BCUT2D eigenvalue weighted by Crippen LogP contribution is -2.25. The molecule has 1 N–H and O–H groups in total. The maximum absolute atomic E-state index is 12.2. The van der Waals surface area contributed by atoms with Crippen molar-refractivity contribution in [1.82, 2.24) is 9.88 Å². The van der Waals surface area contributed by atoms with Gasteiger partial charge in [-0.3, -0.25) is 9.78 Å². The summed E-state index contributed by atoms with van der Waals surface area (Å²) in [6.07, 6.45) is 3.08. The van der Waals surface area contributed by atoms with Crippen LogP contribution in [-0.4, -0.2) is 42.5 Å². The van der Waals surface area contributed by atoms with Crippen LogP contribution in [-0.2, 0) is 4.79 Å². The van der Waals surface area contributed by atoms with Crippen LogP contribution >= 0.6 is 0 Å². The summed E-state index contributed by atoms with van der Waals surface area (Å²) in [6, 6.07) is 7.56. The number of hydrogen-bond acceptors (Lipinski definition) is 4. The molecule has 1 aromatic carbocycles. The van der Waals surface area contributed by atoms with Crippen LogP contribution in [0.15, 0.2) is 30.5 Å². The van der Waals surface area contributed by atoms with Crippen LogP contribution in [0.25, 0.3) is 10.9 Å². The zero-order valence-electron chi connectivity index (χ0n) is 14.1. The van der Waals surface area contributed by atoms with Crippen molar-refractivity contribution in [2.24, 2.45) is 0 Å². The van der Waals surface area contributed by atoms with E-state index in [4.69, 9.17) is 4.74 Å². The zero-order chi connectivity index (χ0) is 16.7. The van der Waals surface area contributed by atoms with Crippen molar-refractivity contribution in [3.8, 4) is 5.75 Å². The van der Waals surface area contributed by atoms with Crippen molar-refractivity contribution >= 4 is 22.5 Å². The molecule has 0 aliphatic rings. The first-order valence-corrected chi connectivity index (χ1v) is 8.12. The molecule has 1 amide bonds. The van der Waals surface area contributed by atoms with Crippen LogP contribution in [0.3, 0.4) is 0 Å². The summed E-state index contributed by atoms with van der Waals surface area (Å²) < 4.78 is 5.30. The van der Waals surface area contributed by atoms with Gasteiger partial charge in [0.1, 0.15) is 5.75 Å². The van der Waals surface area contributed by atoms with E-state index in [1.165, 1.54) is 0 Å². The molecule has 5 nitrogen and oxygen atoms in total. The molecule has 2 aromatic rings. The fourth-order valence-electron chi connectivity index (χ4n) is 2.59. The smallest absolute Gasteiger partial charge is 0.224 e. The standard InChI is InChI=1S/C18H25N3O2/c1-4-21(5-2)11-7-9-17(22)20-16-13-15(23-3)12-14-8-6-10-19-18(14)16/h6,8,10,12-13H,4-5,7,9,11H2,1-3H3,(H,20,22). The Labute approximate surface area is 137 Å². The molecule has 0 aliphatic heterocycles. The number of amides is 1. The van der Waals surface area contributed by atoms with E-state index in [0.717, 1.165) is 37.0 Å². The van der Waals surface area contributed by atoms with E-state index in [-0.39, 0.29) is 5.91 Å². The fraction of sp³-hybridized carbons (Fsp3) is 0.444. The first-order chi connectivity index (χ1) is 11.2. The van der Waals surface area contributed by atoms with Gasteiger partial charge >= 0.3 is 0 Å². The van der Waals surface area contributed by atoms with Gasteiger partial charge in [-0.25, -0.2) is 0 Å². The van der Waals surface area contributed by atoms with Gasteiger partial charge in [0.15, 0.2) is 0 Å². The number of nitrogens with one attached hydrogen (secondary N) is 1. The van der Waals surface area contributed by atoms with Gasteiger partial charge in [-0.15, -0.1) is 0 Å². The largest absolute Gasteiger partial charge is 0.497 e. The molecule has 0 saturated carbocycles. The third kappa shape index (κ3) is 4.66. The number of fused-ring (bicyclic) bond motifs is 1. The van der Waals surface area contributed by atoms with Crippen molar-refractivity contribution in [3.63, 3.8) is 0 Å². The van der Waals surface area contributed by atoms with E-state index in [1.807, 2.05) is 24.3 Å². The number of pyridine rings is 1. The molecule has 124 valence electrons. The van der Waals surface area contributed by atoms with Gasteiger partial charge in [0.2, 0.25) is 5.91 Å². The van der Waals surface area contributed by atoms with Crippen molar-refractivity contribution < 1.29 is 9.53 Å².